The molecular weight excluding hydrogens is 314 g/mol. The van der Waals surface area contributed by atoms with Gasteiger partial charge >= 0.3 is 0 Å². The number of rotatable bonds is 5. The van der Waals surface area contributed by atoms with Crippen molar-refractivity contribution in [2.24, 2.45) is 5.92 Å². The molecule has 1 fully saturated rings. The summed E-state index contributed by atoms with van der Waals surface area (Å²) in [6.07, 6.45) is 0. The first kappa shape index (κ1) is 17.9. The average Bonchev–Trinajstić information content (AvgIpc) is 2.53. The SMILES string of the molecule is CC(C)CNS(=O)(=O)c1ccc(C(=O)N2CCNC[C@H]2C)cc1. The summed E-state index contributed by atoms with van der Waals surface area (Å²) in [6.45, 7) is 8.49. The Bertz CT molecular complexity index is 641. The van der Waals surface area contributed by atoms with E-state index in [1.54, 1.807) is 12.1 Å². The van der Waals surface area contributed by atoms with Crippen LogP contribution >= 0.6 is 0 Å². The lowest BCUT2D eigenvalue weighted by molar-refractivity contribution is 0.0655. The molecule has 23 heavy (non-hydrogen) atoms. The van der Waals surface area contributed by atoms with E-state index < -0.39 is 10.0 Å². The van der Waals surface area contributed by atoms with Crippen molar-refractivity contribution in [2.75, 3.05) is 26.2 Å². The van der Waals surface area contributed by atoms with Crippen LogP contribution in [0.3, 0.4) is 0 Å². The fraction of sp³-hybridized carbons (Fsp3) is 0.562. The van der Waals surface area contributed by atoms with Gasteiger partial charge in [0.1, 0.15) is 0 Å². The molecule has 128 valence electrons. The summed E-state index contributed by atoms with van der Waals surface area (Å²) in [4.78, 5) is 14.5. The highest BCUT2D eigenvalue weighted by Crippen LogP contribution is 2.14. The molecule has 1 atom stereocenters. The van der Waals surface area contributed by atoms with Crippen LogP contribution in [0.5, 0.6) is 0 Å². The first-order valence-corrected chi connectivity index (χ1v) is 9.41. The number of hydrogen-bond acceptors (Lipinski definition) is 4. The molecule has 0 unspecified atom stereocenters. The van der Waals surface area contributed by atoms with Gasteiger partial charge in [0.2, 0.25) is 10.0 Å². The second-order valence-corrected chi connectivity index (χ2v) is 8.09. The molecule has 1 aliphatic rings. The predicted molar refractivity (Wildman–Crippen MR) is 89.8 cm³/mol. The standard InChI is InChI=1S/C16H25N3O3S/c1-12(2)10-18-23(21,22)15-6-4-14(5-7-15)16(20)19-9-8-17-11-13(19)3/h4-7,12-13,17-18H,8-11H2,1-3H3/t13-/m1/s1. The molecule has 7 heteroatoms. The molecule has 6 nitrogen and oxygen atoms in total. The van der Waals surface area contributed by atoms with Gasteiger partial charge in [0.25, 0.3) is 5.91 Å². The normalized spacial score (nSPS) is 19.1. The second kappa shape index (κ2) is 7.42. The summed E-state index contributed by atoms with van der Waals surface area (Å²) < 4.78 is 26.9. The lowest BCUT2D eigenvalue weighted by atomic mass is 10.1. The van der Waals surface area contributed by atoms with Gasteiger partial charge in [-0.25, -0.2) is 13.1 Å². The number of carbonyl (C=O) groups excluding carboxylic acids is 1. The Morgan fingerprint density at radius 2 is 2.00 bits per heavy atom. The van der Waals surface area contributed by atoms with Gasteiger partial charge in [-0.3, -0.25) is 4.79 Å². The average molecular weight is 339 g/mol. The van der Waals surface area contributed by atoms with Crippen molar-refractivity contribution in [3.05, 3.63) is 29.8 Å². The van der Waals surface area contributed by atoms with Gasteiger partial charge in [0.15, 0.2) is 0 Å². The quantitative estimate of drug-likeness (QED) is 0.841. The molecule has 1 aliphatic heterocycles. The molecular formula is C16H25N3O3S. The summed E-state index contributed by atoms with van der Waals surface area (Å²) >= 11 is 0. The van der Waals surface area contributed by atoms with Gasteiger partial charge in [0, 0.05) is 37.8 Å². The summed E-state index contributed by atoms with van der Waals surface area (Å²) in [5, 5.41) is 3.24. The Morgan fingerprint density at radius 3 is 2.57 bits per heavy atom. The maximum atomic E-state index is 12.5. The van der Waals surface area contributed by atoms with Gasteiger partial charge in [-0.2, -0.15) is 0 Å². The minimum absolute atomic E-state index is 0.0573. The van der Waals surface area contributed by atoms with E-state index in [1.165, 1.54) is 12.1 Å². The van der Waals surface area contributed by atoms with E-state index in [2.05, 4.69) is 10.0 Å². The maximum Gasteiger partial charge on any atom is 0.254 e. The zero-order chi connectivity index (χ0) is 17.0. The monoisotopic (exact) mass is 339 g/mol. The first-order chi connectivity index (χ1) is 10.8. The number of benzene rings is 1. The molecule has 2 N–H and O–H groups in total. The van der Waals surface area contributed by atoms with Crippen LogP contribution in [-0.2, 0) is 10.0 Å². The van der Waals surface area contributed by atoms with Gasteiger partial charge in [0.05, 0.1) is 4.90 Å². The Morgan fingerprint density at radius 1 is 1.35 bits per heavy atom. The lowest BCUT2D eigenvalue weighted by Gasteiger charge is -2.34. The molecule has 0 aliphatic carbocycles. The largest absolute Gasteiger partial charge is 0.333 e. The third-order valence-corrected chi connectivity index (χ3v) is 5.29. The minimum Gasteiger partial charge on any atom is -0.333 e. The van der Waals surface area contributed by atoms with Crippen molar-refractivity contribution in [3.8, 4) is 0 Å². The van der Waals surface area contributed by atoms with Crippen molar-refractivity contribution < 1.29 is 13.2 Å². The van der Waals surface area contributed by atoms with E-state index in [0.717, 1.165) is 13.1 Å². The summed E-state index contributed by atoms with van der Waals surface area (Å²) in [5.74, 6) is 0.179. The molecule has 0 bridgehead atoms. The number of piperazine rings is 1. The van der Waals surface area contributed by atoms with Crippen LogP contribution in [0.25, 0.3) is 0 Å². The molecule has 0 radical (unpaired) electrons. The summed E-state index contributed by atoms with van der Waals surface area (Å²) in [6, 6.07) is 6.28. The van der Waals surface area contributed by atoms with Gasteiger partial charge in [-0.15, -0.1) is 0 Å². The third-order valence-electron chi connectivity index (χ3n) is 3.86. The number of nitrogens with one attached hydrogen (secondary N) is 2. The molecule has 1 saturated heterocycles. The molecule has 0 spiro atoms. The second-order valence-electron chi connectivity index (χ2n) is 6.32. The number of hydrogen-bond donors (Lipinski definition) is 2. The molecule has 1 amide bonds. The maximum absolute atomic E-state index is 12.5. The first-order valence-electron chi connectivity index (χ1n) is 7.92. The van der Waals surface area contributed by atoms with Crippen LogP contribution in [0.15, 0.2) is 29.2 Å². The van der Waals surface area contributed by atoms with Crippen molar-refractivity contribution in [1.82, 2.24) is 14.9 Å². The van der Waals surface area contributed by atoms with Crippen LogP contribution in [0.4, 0.5) is 0 Å². The van der Waals surface area contributed by atoms with Gasteiger partial charge < -0.3 is 10.2 Å². The number of sulfonamides is 1. The summed E-state index contributed by atoms with van der Waals surface area (Å²) in [7, 11) is -3.52. The van der Waals surface area contributed by atoms with Crippen molar-refractivity contribution >= 4 is 15.9 Å². The van der Waals surface area contributed by atoms with Crippen molar-refractivity contribution in [2.45, 2.75) is 31.7 Å². The van der Waals surface area contributed by atoms with Gasteiger partial charge in [-0.05, 0) is 37.1 Å². The molecule has 1 aromatic rings. The molecule has 0 aromatic heterocycles. The minimum atomic E-state index is -3.52. The van der Waals surface area contributed by atoms with E-state index in [9.17, 15) is 13.2 Å². The predicted octanol–water partition coefficient (Wildman–Crippen LogP) is 1.05. The highest BCUT2D eigenvalue weighted by atomic mass is 32.2. The molecule has 0 saturated carbocycles. The smallest absolute Gasteiger partial charge is 0.254 e. The lowest BCUT2D eigenvalue weighted by Crippen LogP contribution is -2.52. The number of carbonyl (C=O) groups is 1. The van der Waals surface area contributed by atoms with Crippen LogP contribution in [0.1, 0.15) is 31.1 Å². The number of amides is 1. The fourth-order valence-electron chi connectivity index (χ4n) is 2.44. The van der Waals surface area contributed by atoms with E-state index >= 15 is 0 Å². The molecule has 1 aromatic carbocycles. The van der Waals surface area contributed by atoms with Crippen molar-refractivity contribution in [3.63, 3.8) is 0 Å². The van der Waals surface area contributed by atoms with Crippen LogP contribution in [0.2, 0.25) is 0 Å². The van der Waals surface area contributed by atoms with E-state index in [4.69, 9.17) is 0 Å². The molecule has 2 rings (SSSR count). The number of nitrogens with zero attached hydrogens (tertiary/aromatic N) is 1. The van der Waals surface area contributed by atoms with Crippen LogP contribution in [-0.4, -0.2) is 51.4 Å². The van der Waals surface area contributed by atoms with Gasteiger partial charge in [-0.1, -0.05) is 13.8 Å². The highest BCUT2D eigenvalue weighted by Gasteiger charge is 2.24. The topological polar surface area (TPSA) is 78.5 Å². The molecule has 1 heterocycles. The van der Waals surface area contributed by atoms with E-state index in [0.29, 0.717) is 18.7 Å². The van der Waals surface area contributed by atoms with Crippen molar-refractivity contribution in [1.29, 1.82) is 0 Å². The Hall–Kier alpha value is -1.44. The Labute approximate surface area is 138 Å². The van der Waals surface area contributed by atoms with Crippen LogP contribution < -0.4 is 10.0 Å². The Balaban J connectivity index is 2.11. The van der Waals surface area contributed by atoms with Crippen LogP contribution in [0, 0.1) is 5.92 Å². The zero-order valence-electron chi connectivity index (χ0n) is 13.9. The van der Waals surface area contributed by atoms with E-state index in [1.807, 2.05) is 25.7 Å². The zero-order valence-corrected chi connectivity index (χ0v) is 14.7. The highest BCUT2D eigenvalue weighted by molar-refractivity contribution is 7.89. The van der Waals surface area contributed by atoms with E-state index in [-0.39, 0.29) is 22.8 Å². The fourth-order valence-corrected chi connectivity index (χ4v) is 3.66. The Kier molecular flexibility index (Phi) is 5.78. The third kappa shape index (κ3) is 4.53. The summed E-state index contributed by atoms with van der Waals surface area (Å²) in [5.41, 5.74) is 0.515.